The molecule has 0 atom stereocenters. The molecular weight excluding hydrogens is 170 g/mol. The lowest BCUT2D eigenvalue weighted by Crippen LogP contribution is -2.38. The van der Waals surface area contributed by atoms with Gasteiger partial charge >= 0.3 is 0 Å². The average molecular weight is 197 g/mol. The first-order valence-electron chi connectivity index (χ1n) is 6.25. The lowest BCUT2D eigenvalue weighted by atomic mass is 9.68. The molecule has 1 saturated heterocycles. The molecular formula is C13H27N. The number of hydrogen-bond acceptors (Lipinski definition) is 1. The zero-order valence-electron chi connectivity index (χ0n) is 10.4. The quantitative estimate of drug-likeness (QED) is 0.728. The molecule has 0 bridgehead atoms. The highest BCUT2D eigenvalue weighted by molar-refractivity contribution is 4.86. The fourth-order valence-electron chi connectivity index (χ4n) is 3.18. The second-order valence-corrected chi connectivity index (χ2v) is 5.95. The van der Waals surface area contributed by atoms with Crippen LogP contribution in [0.15, 0.2) is 0 Å². The molecule has 1 aliphatic rings. The van der Waals surface area contributed by atoms with Crippen molar-refractivity contribution in [3.05, 3.63) is 0 Å². The van der Waals surface area contributed by atoms with Crippen LogP contribution in [0.5, 0.6) is 0 Å². The van der Waals surface area contributed by atoms with Crippen molar-refractivity contribution >= 4 is 0 Å². The number of piperidine rings is 1. The standard InChI is InChI=1S/C13H27N/c1-11(2)9-13(10-12(3)4)5-7-14-8-6-13/h11-12,14H,5-10H2,1-4H3. The van der Waals surface area contributed by atoms with Gasteiger partial charge in [0.15, 0.2) is 0 Å². The van der Waals surface area contributed by atoms with Crippen LogP contribution in [0.1, 0.15) is 53.4 Å². The fourth-order valence-corrected chi connectivity index (χ4v) is 3.18. The van der Waals surface area contributed by atoms with E-state index < -0.39 is 0 Å². The maximum absolute atomic E-state index is 3.49. The highest BCUT2D eigenvalue weighted by Crippen LogP contribution is 2.41. The van der Waals surface area contributed by atoms with E-state index in [0.717, 1.165) is 11.8 Å². The van der Waals surface area contributed by atoms with E-state index in [1.165, 1.54) is 38.8 Å². The molecule has 0 amide bonds. The van der Waals surface area contributed by atoms with Gasteiger partial charge in [0.2, 0.25) is 0 Å². The van der Waals surface area contributed by atoms with Crippen LogP contribution in [0.25, 0.3) is 0 Å². The molecule has 1 rings (SSSR count). The Hall–Kier alpha value is -0.0400. The lowest BCUT2D eigenvalue weighted by molar-refractivity contribution is 0.127. The largest absolute Gasteiger partial charge is 0.317 e. The minimum absolute atomic E-state index is 0.660. The van der Waals surface area contributed by atoms with Gasteiger partial charge in [-0.1, -0.05) is 27.7 Å². The fraction of sp³-hybridized carbons (Fsp3) is 1.00. The summed E-state index contributed by atoms with van der Waals surface area (Å²) in [5, 5.41) is 3.49. The summed E-state index contributed by atoms with van der Waals surface area (Å²) in [4.78, 5) is 0. The van der Waals surface area contributed by atoms with Crippen molar-refractivity contribution in [3.63, 3.8) is 0 Å². The van der Waals surface area contributed by atoms with Gasteiger partial charge in [-0.05, 0) is 56.0 Å². The molecule has 0 aromatic carbocycles. The van der Waals surface area contributed by atoms with Crippen molar-refractivity contribution in [3.8, 4) is 0 Å². The molecule has 1 nitrogen and oxygen atoms in total. The minimum Gasteiger partial charge on any atom is -0.317 e. The molecule has 1 N–H and O–H groups in total. The van der Waals surface area contributed by atoms with E-state index in [4.69, 9.17) is 0 Å². The lowest BCUT2D eigenvalue weighted by Gasteiger charge is -2.40. The first-order valence-corrected chi connectivity index (χ1v) is 6.25. The summed E-state index contributed by atoms with van der Waals surface area (Å²) in [5.74, 6) is 1.71. The van der Waals surface area contributed by atoms with Crippen molar-refractivity contribution in [2.45, 2.75) is 53.4 Å². The van der Waals surface area contributed by atoms with Crippen molar-refractivity contribution < 1.29 is 0 Å². The molecule has 1 heterocycles. The predicted octanol–water partition coefficient (Wildman–Crippen LogP) is 3.45. The molecule has 0 aromatic rings. The number of rotatable bonds is 4. The second-order valence-electron chi connectivity index (χ2n) is 5.95. The summed E-state index contributed by atoms with van der Waals surface area (Å²) in [5.41, 5.74) is 0.660. The second kappa shape index (κ2) is 5.16. The van der Waals surface area contributed by atoms with Crippen molar-refractivity contribution in [1.82, 2.24) is 5.32 Å². The number of nitrogens with one attached hydrogen (secondary N) is 1. The monoisotopic (exact) mass is 197 g/mol. The van der Waals surface area contributed by atoms with E-state index in [-0.39, 0.29) is 0 Å². The van der Waals surface area contributed by atoms with Gasteiger partial charge in [-0.2, -0.15) is 0 Å². The molecule has 0 spiro atoms. The van der Waals surface area contributed by atoms with Gasteiger partial charge in [-0.15, -0.1) is 0 Å². The van der Waals surface area contributed by atoms with E-state index in [0.29, 0.717) is 5.41 Å². The van der Waals surface area contributed by atoms with Gasteiger partial charge in [0.05, 0.1) is 0 Å². The van der Waals surface area contributed by atoms with Gasteiger partial charge in [-0.3, -0.25) is 0 Å². The van der Waals surface area contributed by atoms with Crippen molar-refractivity contribution in [1.29, 1.82) is 0 Å². The highest BCUT2D eigenvalue weighted by Gasteiger charge is 2.32. The van der Waals surface area contributed by atoms with Crippen LogP contribution >= 0.6 is 0 Å². The summed E-state index contributed by atoms with van der Waals surface area (Å²) in [6, 6.07) is 0. The summed E-state index contributed by atoms with van der Waals surface area (Å²) < 4.78 is 0. The van der Waals surface area contributed by atoms with Crippen LogP contribution < -0.4 is 5.32 Å². The first kappa shape index (κ1) is 12.0. The van der Waals surface area contributed by atoms with Crippen LogP contribution in [0.4, 0.5) is 0 Å². The van der Waals surface area contributed by atoms with Crippen LogP contribution in [-0.4, -0.2) is 13.1 Å². The Labute approximate surface area is 89.7 Å². The van der Waals surface area contributed by atoms with Gasteiger partial charge in [0.1, 0.15) is 0 Å². The van der Waals surface area contributed by atoms with Crippen LogP contribution in [-0.2, 0) is 0 Å². The SMILES string of the molecule is CC(C)CC1(CC(C)C)CCNCC1. The first-order chi connectivity index (χ1) is 6.54. The Morgan fingerprint density at radius 3 is 1.71 bits per heavy atom. The predicted molar refractivity (Wildman–Crippen MR) is 63.4 cm³/mol. The molecule has 0 aromatic heterocycles. The Bertz CT molecular complexity index is 143. The molecule has 0 saturated carbocycles. The smallest absolute Gasteiger partial charge is 0.00436 e. The summed E-state index contributed by atoms with van der Waals surface area (Å²) in [7, 11) is 0. The van der Waals surface area contributed by atoms with E-state index in [1.807, 2.05) is 0 Å². The van der Waals surface area contributed by atoms with Gasteiger partial charge < -0.3 is 5.32 Å². The zero-order valence-corrected chi connectivity index (χ0v) is 10.4. The third-order valence-corrected chi connectivity index (χ3v) is 3.35. The van der Waals surface area contributed by atoms with Crippen LogP contribution in [0, 0.1) is 17.3 Å². The Balaban J connectivity index is 2.57. The minimum atomic E-state index is 0.660. The highest BCUT2D eigenvalue weighted by atomic mass is 14.9. The van der Waals surface area contributed by atoms with E-state index in [2.05, 4.69) is 33.0 Å². The normalized spacial score (nSPS) is 21.9. The summed E-state index contributed by atoms with van der Waals surface area (Å²) in [6.07, 6.45) is 5.63. The molecule has 0 radical (unpaired) electrons. The molecule has 0 unspecified atom stereocenters. The molecule has 1 heteroatoms. The Morgan fingerprint density at radius 2 is 1.36 bits per heavy atom. The molecule has 84 valence electrons. The van der Waals surface area contributed by atoms with Crippen molar-refractivity contribution in [2.24, 2.45) is 17.3 Å². The van der Waals surface area contributed by atoms with Gasteiger partial charge in [0, 0.05) is 0 Å². The van der Waals surface area contributed by atoms with Gasteiger partial charge in [0.25, 0.3) is 0 Å². The van der Waals surface area contributed by atoms with Crippen LogP contribution in [0.3, 0.4) is 0 Å². The zero-order chi connectivity index (χ0) is 10.6. The van der Waals surface area contributed by atoms with Crippen LogP contribution in [0.2, 0.25) is 0 Å². The third kappa shape index (κ3) is 3.61. The topological polar surface area (TPSA) is 12.0 Å². The van der Waals surface area contributed by atoms with E-state index in [9.17, 15) is 0 Å². The van der Waals surface area contributed by atoms with E-state index in [1.54, 1.807) is 0 Å². The molecule has 1 fully saturated rings. The Morgan fingerprint density at radius 1 is 0.929 bits per heavy atom. The molecule has 0 aliphatic carbocycles. The third-order valence-electron chi connectivity index (χ3n) is 3.35. The van der Waals surface area contributed by atoms with Gasteiger partial charge in [-0.25, -0.2) is 0 Å². The summed E-state index contributed by atoms with van der Waals surface area (Å²) in [6.45, 7) is 11.9. The number of hydrogen-bond donors (Lipinski definition) is 1. The molecule has 14 heavy (non-hydrogen) atoms. The molecule has 1 aliphatic heterocycles. The van der Waals surface area contributed by atoms with Crippen molar-refractivity contribution in [2.75, 3.05) is 13.1 Å². The Kier molecular flexibility index (Phi) is 4.43. The van der Waals surface area contributed by atoms with E-state index >= 15 is 0 Å². The average Bonchev–Trinajstić information content (AvgIpc) is 2.01. The maximum atomic E-state index is 3.49. The summed E-state index contributed by atoms with van der Waals surface area (Å²) >= 11 is 0. The maximum Gasteiger partial charge on any atom is -0.00436 e.